The molecule has 0 bridgehead atoms. The van der Waals surface area contributed by atoms with Crippen molar-refractivity contribution in [3.8, 4) is 0 Å². The van der Waals surface area contributed by atoms with Gasteiger partial charge in [0.05, 0.1) is 9.82 Å². The molecule has 0 fully saturated rings. The second kappa shape index (κ2) is 6.93. The molecule has 0 heterocycles. The predicted octanol–water partition coefficient (Wildman–Crippen LogP) is 3.55. The molecule has 1 amide bonds. The van der Waals surface area contributed by atoms with Gasteiger partial charge in [-0.1, -0.05) is 15.9 Å². The first-order valence-corrected chi connectivity index (χ1v) is 9.39. The molecule has 2 aromatic rings. The minimum absolute atomic E-state index is 0.0274. The van der Waals surface area contributed by atoms with Gasteiger partial charge in [-0.25, -0.2) is 8.42 Å². The zero-order valence-electron chi connectivity index (χ0n) is 13.4. The molecule has 0 aliphatic carbocycles. The molecule has 0 aromatic heterocycles. The molecule has 0 aliphatic rings. The minimum atomic E-state index is -3.94. The van der Waals surface area contributed by atoms with Crippen molar-refractivity contribution in [3.63, 3.8) is 0 Å². The number of anilines is 1. The number of rotatable bonds is 5. The summed E-state index contributed by atoms with van der Waals surface area (Å²) in [7, 11) is -3.94. The number of nitro groups is 1. The highest BCUT2D eigenvalue weighted by atomic mass is 79.9. The lowest BCUT2D eigenvalue weighted by Gasteiger charge is -2.24. The molecule has 0 atom stereocenters. The zero-order valence-corrected chi connectivity index (χ0v) is 15.8. The van der Waals surface area contributed by atoms with Crippen molar-refractivity contribution in [2.75, 3.05) is 5.32 Å². The fraction of sp³-hybridized carbons (Fsp3) is 0.188. The van der Waals surface area contributed by atoms with E-state index in [1.807, 2.05) is 0 Å². The monoisotopic (exact) mass is 426 g/mol. The van der Waals surface area contributed by atoms with Crippen LogP contribution in [0.2, 0.25) is 0 Å². The van der Waals surface area contributed by atoms with E-state index in [4.69, 9.17) is 0 Å². The molecule has 2 aromatic carbocycles. The van der Waals surface area contributed by atoms with Crippen molar-refractivity contribution in [1.82, 2.24) is 0 Å². The van der Waals surface area contributed by atoms with Gasteiger partial charge in [0.15, 0.2) is 9.84 Å². The van der Waals surface area contributed by atoms with Crippen LogP contribution in [0, 0.1) is 10.1 Å². The Morgan fingerprint density at radius 1 is 1.08 bits per heavy atom. The highest BCUT2D eigenvalue weighted by Crippen LogP contribution is 2.28. The van der Waals surface area contributed by atoms with Crippen molar-refractivity contribution >= 4 is 43.0 Å². The van der Waals surface area contributed by atoms with Gasteiger partial charge < -0.3 is 5.32 Å². The van der Waals surface area contributed by atoms with Gasteiger partial charge >= 0.3 is 0 Å². The molecular weight excluding hydrogens is 412 g/mol. The van der Waals surface area contributed by atoms with Crippen LogP contribution in [-0.2, 0) is 14.6 Å². The first kappa shape index (κ1) is 19.1. The molecule has 0 saturated carbocycles. The van der Waals surface area contributed by atoms with Crippen molar-refractivity contribution < 1.29 is 18.1 Å². The molecule has 0 spiro atoms. The Morgan fingerprint density at radius 3 is 2.08 bits per heavy atom. The molecule has 9 heteroatoms. The number of carbonyl (C=O) groups is 1. The standard InChI is InChI=1S/C16H15BrN2O5S/c1-16(2,25(23,24)14-9-3-11(17)4-10-14)15(20)18-12-5-7-13(8-6-12)19(21)22/h3-10H,1-2H3,(H,18,20). The van der Waals surface area contributed by atoms with E-state index in [0.29, 0.717) is 0 Å². The Balaban J connectivity index is 2.26. The summed E-state index contributed by atoms with van der Waals surface area (Å²) < 4.78 is 24.5. The summed E-state index contributed by atoms with van der Waals surface area (Å²) in [5.74, 6) is -0.732. The summed E-state index contributed by atoms with van der Waals surface area (Å²) in [5.41, 5.74) is 0.148. The maximum absolute atomic E-state index is 12.8. The van der Waals surface area contributed by atoms with Gasteiger partial charge in [-0.15, -0.1) is 0 Å². The van der Waals surface area contributed by atoms with Crippen LogP contribution < -0.4 is 5.32 Å². The van der Waals surface area contributed by atoms with E-state index in [2.05, 4.69) is 21.2 Å². The number of sulfone groups is 1. The third kappa shape index (κ3) is 3.88. The Labute approximate surface area is 153 Å². The van der Waals surface area contributed by atoms with Crippen LogP contribution in [0.4, 0.5) is 11.4 Å². The third-order valence-electron chi connectivity index (χ3n) is 3.68. The fourth-order valence-electron chi connectivity index (χ4n) is 1.98. The summed E-state index contributed by atoms with van der Waals surface area (Å²) >= 11 is 3.23. The van der Waals surface area contributed by atoms with Crippen LogP contribution in [0.3, 0.4) is 0 Å². The highest BCUT2D eigenvalue weighted by molar-refractivity contribution is 9.10. The maximum atomic E-state index is 12.8. The van der Waals surface area contributed by atoms with Gasteiger partial charge in [-0.3, -0.25) is 14.9 Å². The first-order valence-electron chi connectivity index (χ1n) is 7.12. The van der Waals surface area contributed by atoms with Crippen LogP contribution in [0.1, 0.15) is 13.8 Å². The van der Waals surface area contributed by atoms with Crippen LogP contribution in [0.15, 0.2) is 57.9 Å². The van der Waals surface area contributed by atoms with Crippen molar-refractivity contribution in [2.45, 2.75) is 23.5 Å². The molecule has 0 aliphatic heterocycles. The van der Waals surface area contributed by atoms with Crippen molar-refractivity contribution in [1.29, 1.82) is 0 Å². The molecule has 25 heavy (non-hydrogen) atoms. The normalized spacial score (nSPS) is 11.8. The summed E-state index contributed by atoms with van der Waals surface area (Å²) in [6.45, 7) is 2.62. The summed E-state index contributed by atoms with van der Waals surface area (Å²) in [6, 6.07) is 11.1. The van der Waals surface area contributed by atoms with E-state index in [-0.39, 0.29) is 16.3 Å². The molecule has 0 radical (unpaired) electrons. The molecule has 7 nitrogen and oxygen atoms in total. The first-order chi connectivity index (χ1) is 11.6. The number of amides is 1. The number of halogens is 1. The molecular formula is C16H15BrN2O5S. The van der Waals surface area contributed by atoms with E-state index in [0.717, 1.165) is 4.47 Å². The third-order valence-corrected chi connectivity index (χ3v) is 6.63. The van der Waals surface area contributed by atoms with Crippen molar-refractivity contribution in [2.24, 2.45) is 0 Å². The quantitative estimate of drug-likeness (QED) is 0.580. The van der Waals surface area contributed by atoms with E-state index < -0.39 is 25.4 Å². The summed E-state index contributed by atoms with van der Waals surface area (Å²) in [4.78, 5) is 22.6. The maximum Gasteiger partial charge on any atom is 0.269 e. The second-order valence-electron chi connectivity index (χ2n) is 5.73. The molecule has 0 saturated heterocycles. The number of benzene rings is 2. The molecule has 1 N–H and O–H groups in total. The van der Waals surface area contributed by atoms with Crippen molar-refractivity contribution in [3.05, 3.63) is 63.1 Å². The fourth-order valence-corrected chi connectivity index (χ4v) is 3.62. The number of carbonyl (C=O) groups excluding carboxylic acids is 1. The van der Waals surface area contributed by atoms with Gasteiger partial charge in [0, 0.05) is 22.3 Å². The van der Waals surface area contributed by atoms with Crippen LogP contribution in [-0.4, -0.2) is 24.0 Å². The summed E-state index contributed by atoms with van der Waals surface area (Å²) in [6.07, 6.45) is 0. The number of nitro benzene ring substituents is 1. The average Bonchev–Trinajstić information content (AvgIpc) is 2.55. The number of hydrogen-bond donors (Lipinski definition) is 1. The van der Waals surface area contributed by atoms with Crippen LogP contribution in [0.5, 0.6) is 0 Å². The number of non-ortho nitro benzene ring substituents is 1. The zero-order chi connectivity index (χ0) is 18.8. The SMILES string of the molecule is CC(C)(C(=O)Nc1ccc([N+](=O)[O-])cc1)S(=O)(=O)c1ccc(Br)cc1. The lowest BCUT2D eigenvalue weighted by Crippen LogP contribution is -2.44. The summed E-state index contributed by atoms with van der Waals surface area (Å²) in [5, 5.41) is 13.1. The van der Waals surface area contributed by atoms with Gasteiger partial charge in [0.25, 0.3) is 5.69 Å². The molecule has 2 rings (SSSR count). The van der Waals surface area contributed by atoms with Crippen LogP contribution >= 0.6 is 15.9 Å². The van der Waals surface area contributed by atoms with Gasteiger partial charge in [-0.2, -0.15) is 0 Å². The Hall–Kier alpha value is -2.26. The number of nitrogens with one attached hydrogen (secondary N) is 1. The molecule has 0 unspecified atom stereocenters. The topological polar surface area (TPSA) is 106 Å². The number of hydrogen-bond acceptors (Lipinski definition) is 5. The van der Waals surface area contributed by atoms with E-state index in [1.54, 1.807) is 12.1 Å². The Kier molecular flexibility index (Phi) is 5.28. The van der Waals surface area contributed by atoms with Gasteiger partial charge in [0.1, 0.15) is 4.75 Å². The minimum Gasteiger partial charge on any atom is -0.325 e. The van der Waals surface area contributed by atoms with Gasteiger partial charge in [0.2, 0.25) is 5.91 Å². The largest absolute Gasteiger partial charge is 0.325 e. The molecule has 132 valence electrons. The van der Waals surface area contributed by atoms with E-state index >= 15 is 0 Å². The van der Waals surface area contributed by atoms with E-state index in [1.165, 1.54) is 50.2 Å². The Morgan fingerprint density at radius 2 is 1.60 bits per heavy atom. The smallest absolute Gasteiger partial charge is 0.269 e. The predicted molar refractivity (Wildman–Crippen MR) is 97.1 cm³/mol. The highest BCUT2D eigenvalue weighted by Gasteiger charge is 2.42. The van der Waals surface area contributed by atoms with Gasteiger partial charge in [-0.05, 0) is 50.2 Å². The van der Waals surface area contributed by atoms with Crippen LogP contribution in [0.25, 0.3) is 0 Å². The Bertz CT molecular complexity index is 907. The average molecular weight is 427 g/mol. The number of nitrogens with zero attached hydrogens (tertiary/aromatic N) is 1. The van der Waals surface area contributed by atoms with E-state index in [9.17, 15) is 23.3 Å². The lowest BCUT2D eigenvalue weighted by molar-refractivity contribution is -0.384. The lowest BCUT2D eigenvalue weighted by atomic mass is 10.2. The second-order valence-corrected chi connectivity index (χ2v) is 9.14.